The van der Waals surface area contributed by atoms with Crippen LogP contribution in [0, 0.1) is 47.5 Å². The van der Waals surface area contributed by atoms with E-state index in [-0.39, 0.29) is 32.7 Å². The van der Waals surface area contributed by atoms with Crippen LogP contribution in [0.4, 0.5) is 0 Å². The third kappa shape index (κ3) is 2.86. The van der Waals surface area contributed by atoms with Crippen LogP contribution in [0.3, 0.4) is 0 Å². The molecule has 0 amide bonds. The zero-order valence-electron chi connectivity index (χ0n) is 11.1. The molecule has 2 heteroatoms. The van der Waals surface area contributed by atoms with Crippen molar-refractivity contribution in [3.8, 4) is 6.07 Å². The molecule has 0 aromatic heterocycles. The van der Waals surface area contributed by atoms with Gasteiger partial charge >= 0.3 is 0 Å². The molecule has 0 aromatic rings. The van der Waals surface area contributed by atoms with Crippen LogP contribution in [0.2, 0.25) is 0 Å². The van der Waals surface area contributed by atoms with Crippen molar-refractivity contribution < 1.29 is 32.7 Å². The van der Waals surface area contributed by atoms with E-state index in [2.05, 4.69) is 12.1 Å². The van der Waals surface area contributed by atoms with E-state index in [1.165, 1.54) is 50.5 Å². The van der Waals surface area contributed by atoms with Gasteiger partial charge < -0.3 is 6.08 Å². The fraction of sp³-hybridized carbons (Fsp3) is 0.750. The number of hydrogen-bond acceptors (Lipinski definition) is 1. The van der Waals surface area contributed by atoms with Gasteiger partial charge in [-0.2, -0.15) is 12.3 Å². The standard InChI is InChI=1S/C16H21N.Y/c17-9-3-4-12-10-14-7-1-5-13-6-2-8-15(11-12)16(13)14;/h3,13-16H,1-2,4-8,10H2;/q-2;/t13-,14?,15-,16+;/m1./s1. The first-order valence-corrected chi connectivity index (χ1v) is 7.21. The Bertz CT molecular complexity index is 353. The molecule has 0 saturated heterocycles. The van der Waals surface area contributed by atoms with E-state index in [0.29, 0.717) is 0 Å². The van der Waals surface area contributed by atoms with Crippen molar-refractivity contribution in [2.75, 3.05) is 0 Å². The van der Waals surface area contributed by atoms with Crippen molar-refractivity contribution in [1.82, 2.24) is 0 Å². The van der Waals surface area contributed by atoms with Crippen molar-refractivity contribution in [1.29, 1.82) is 5.26 Å². The molecule has 0 spiro atoms. The number of nitriles is 1. The van der Waals surface area contributed by atoms with E-state index in [1.807, 2.05) is 0 Å². The van der Waals surface area contributed by atoms with Crippen LogP contribution in [-0.4, -0.2) is 0 Å². The van der Waals surface area contributed by atoms with Crippen molar-refractivity contribution in [3.63, 3.8) is 0 Å². The molecule has 1 nitrogen and oxygen atoms in total. The number of nitrogens with zero attached hydrogens (tertiary/aromatic N) is 1. The summed E-state index contributed by atoms with van der Waals surface area (Å²) in [6.45, 7) is 0. The van der Waals surface area contributed by atoms with Crippen LogP contribution in [0.5, 0.6) is 0 Å². The summed E-state index contributed by atoms with van der Waals surface area (Å²) in [5.74, 6) is 3.60. The minimum atomic E-state index is 0. The van der Waals surface area contributed by atoms with E-state index in [9.17, 15) is 0 Å². The van der Waals surface area contributed by atoms with Crippen LogP contribution in [-0.2, 0) is 32.7 Å². The number of hydrogen-bond donors (Lipinski definition) is 0. The minimum absolute atomic E-state index is 0. The molecule has 0 bridgehead atoms. The normalized spacial score (nSPS) is 37.6. The van der Waals surface area contributed by atoms with E-state index in [4.69, 9.17) is 5.26 Å². The van der Waals surface area contributed by atoms with Gasteiger partial charge in [0.1, 0.15) is 0 Å². The summed E-state index contributed by atoms with van der Waals surface area (Å²) < 4.78 is 0. The summed E-state index contributed by atoms with van der Waals surface area (Å²) in [5, 5.41) is 8.66. The first-order chi connectivity index (χ1) is 8.38. The second-order valence-electron chi connectivity index (χ2n) is 6.06. The largest absolute Gasteiger partial charge is 0.496 e. The van der Waals surface area contributed by atoms with Crippen LogP contribution in [0.25, 0.3) is 0 Å². The van der Waals surface area contributed by atoms with Gasteiger partial charge in [0.05, 0.1) is 0 Å². The molecule has 0 heterocycles. The topological polar surface area (TPSA) is 23.8 Å². The molecule has 18 heavy (non-hydrogen) atoms. The van der Waals surface area contributed by atoms with Gasteiger partial charge in [-0.25, -0.2) is 5.26 Å². The molecule has 2 saturated carbocycles. The van der Waals surface area contributed by atoms with Crippen molar-refractivity contribution in [2.45, 2.75) is 51.4 Å². The smallest absolute Gasteiger partial charge is 0 e. The van der Waals surface area contributed by atoms with Gasteiger partial charge in [0.2, 0.25) is 0 Å². The average Bonchev–Trinajstić information content (AvgIpc) is 2.37. The molecule has 1 radical (unpaired) electrons. The monoisotopic (exact) mass is 316 g/mol. The zero-order chi connectivity index (χ0) is 11.7. The van der Waals surface area contributed by atoms with Crippen molar-refractivity contribution in [3.05, 3.63) is 18.1 Å². The molecule has 3 rings (SSSR count). The molecule has 0 N–H and O–H groups in total. The molecule has 3 aliphatic carbocycles. The molecule has 0 aliphatic heterocycles. The van der Waals surface area contributed by atoms with Gasteiger partial charge in [0.25, 0.3) is 0 Å². The van der Waals surface area contributed by atoms with Crippen molar-refractivity contribution in [2.24, 2.45) is 23.7 Å². The summed E-state index contributed by atoms with van der Waals surface area (Å²) in [7, 11) is 0. The SMILES string of the molecule is N#C[CH-]CC1=[C-][C@H]2CCC[C@H]3CCCC(C1)[C@H]32.[Y]. The van der Waals surface area contributed by atoms with E-state index < -0.39 is 0 Å². The third-order valence-corrected chi connectivity index (χ3v) is 5.13. The van der Waals surface area contributed by atoms with E-state index in [0.717, 1.165) is 30.1 Å². The van der Waals surface area contributed by atoms with Gasteiger partial charge in [-0.05, 0) is 11.8 Å². The van der Waals surface area contributed by atoms with Crippen LogP contribution in [0.1, 0.15) is 51.4 Å². The molecule has 4 atom stereocenters. The van der Waals surface area contributed by atoms with E-state index in [1.54, 1.807) is 6.42 Å². The predicted octanol–water partition coefficient (Wildman–Crippen LogP) is 4.07. The summed E-state index contributed by atoms with van der Waals surface area (Å²) in [5.41, 5.74) is 1.43. The third-order valence-electron chi connectivity index (χ3n) is 5.13. The Morgan fingerprint density at radius 2 is 1.89 bits per heavy atom. The summed E-state index contributed by atoms with van der Waals surface area (Å²) in [4.78, 5) is 0. The maximum absolute atomic E-state index is 8.66. The Morgan fingerprint density at radius 1 is 1.17 bits per heavy atom. The molecular formula is C16H21NY-2. The maximum Gasteiger partial charge on any atom is 0 e. The van der Waals surface area contributed by atoms with Gasteiger partial charge in [-0.3, -0.25) is 12.0 Å². The first-order valence-electron chi connectivity index (χ1n) is 7.21. The van der Waals surface area contributed by atoms with Gasteiger partial charge in [0.15, 0.2) is 0 Å². The molecular weight excluding hydrogens is 295 g/mol. The van der Waals surface area contributed by atoms with Crippen LogP contribution in [0.15, 0.2) is 5.57 Å². The maximum atomic E-state index is 8.66. The molecule has 95 valence electrons. The molecule has 0 aromatic carbocycles. The molecule has 3 aliphatic rings. The van der Waals surface area contributed by atoms with Gasteiger partial charge in [-0.1, -0.05) is 50.9 Å². The summed E-state index contributed by atoms with van der Waals surface area (Å²) in [6, 6.07) is 2.16. The zero-order valence-corrected chi connectivity index (χ0v) is 13.9. The summed E-state index contributed by atoms with van der Waals surface area (Å²) in [6.07, 6.45) is 16.2. The fourth-order valence-corrected chi connectivity index (χ4v) is 4.55. The Kier molecular flexibility index (Phi) is 5.34. The van der Waals surface area contributed by atoms with Crippen molar-refractivity contribution >= 4 is 0 Å². The molecule has 2 fully saturated rings. The fourth-order valence-electron chi connectivity index (χ4n) is 4.55. The summed E-state index contributed by atoms with van der Waals surface area (Å²) >= 11 is 0. The number of rotatable bonds is 2. The molecule has 1 unspecified atom stereocenters. The Labute approximate surface area is 136 Å². The van der Waals surface area contributed by atoms with Gasteiger partial charge in [0, 0.05) is 32.7 Å². The Hall–Kier alpha value is 0.204. The van der Waals surface area contributed by atoms with Crippen LogP contribution >= 0.6 is 0 Å². The minimum Gasteiger partial charge on any atom is -0.496 e. The first kappa shape index (κ1) is 14.6. The van der Waals surface area contributed by atoms with Gasteiger partial charge in [-0.15, -0.1) is 6.07 Å². The van der Waals surface area contributed by atoms with Crippen LogP contribution < -0.4 is 0 Å². The second-order valence-corrected chi connectivity index (χ2v) is 6.06. The number of allylic oxidation sites excluding steroid dienone is 2. The predicted molar refractivity (Wildman–Crippen MR) is 67.6 cm³/mol. The quantitative estimate of drug-likeness (QED) is 0.705. The Balaban J connectivity index is 0.00000120. The average molecular weight is 316 g/mol. The second kappa shape index (κ2) is 6.58. The Morgan fingerprint density at radius 3 is 2.67 bits per heavy atom. The van der Waals surface area contributed by atoms with E-state index >= 15 is 0 Å².